The number of nitrogens with one attached hydrogen (secondary N) is 1. The van der Waals surface area contributed by atoms with Crippen molar-refractivity contribution in [2.75, 3.05) is 36.0 Å². The Kier molecular flexibility index (Phi) is 5.19. The van der Waals surface area contributed by atoms with Crippen molar-refractivity contribution >= 4 is 34.9 Å². The van der Waals surface area contributed by atoms with Crippen LogP contribution in [-0.2, 0) is 4.79 Å². The van der Waals surface area contributed by atoms with Crippen molar-refractivity contribution in [2.24, 2.45) is 0 Å². The van der Waals surface area contributed by atoms with Crippen LogP contribution in [-0.4, -0.2) is 49.2 Å². The van der Waals surface area contributed by atoms with Gasteiger partial charge in [0.25, 0.3) is 0 Å². The Labute approximate surface area is 167 Å². The highest BCUT2D eigenvalue weighted by molar-refractivity contribution is 6.35. The number of para-hydroxylation sites is 2. The summed E-state index contributed by atoms with van der Waals surface area (Å²) in [5.74, 6) is -0.536. The smallest absolute Gasteiger partial charge is 0.330 e. The first-order chi connectivity index (χ1) is 13.5. The van der Waals surface area contributed by atoms with E-state index in [0.717, 1.165) is 4.90 Å². The second kappa shape index (κ2) is 7.77. The Hall–Kier alpha value is -2.64. The number of imide groups is 1. The molecule has 0 saturated carbocycles. The lowest BCUT2D eigenvalue weighted by Gasteiger charge is -2.42. The number of rotatable bonds is 3. The van der Waals surface area contributed by atoms with E-state index in [1.807, 2.05) is 11.0 Å². The first-order valence-electron chi connectivity index (χ1n) is 9.16. The summed E-state index contributed by atoms with van der Waals surface area (Å²) in [6.07, 6.45) is -0.210. The fourth-order valence-electron chi connectivity index (χ4n) is 3.71. The third kappa shape index (κ3) is 3.55. The fraction of sp³-hybridized carbons (Fsp3) is 0.300. The molecule has 2 aliphatic heterocycles. The second-order valence-electron chi connectivity index (χ2n) is 6.82. The van der Waals surface area contributed by atoms with Crippen LogP contribution in [0.3, 0.4) is 0 Å². The molecule has 146 valence electrons. The van der Waals surface area contributed by atoms with Crippen LogP contribution in [0.4, 0.5) is 20.6 Å². The van der Waals surface area contributed by atoms with E-state index in [1.165, 1.54) is 6.07 Å². The van der Waals surface area contributed by atoms with Gasteiger partial charge in [0.2, 0.25) is 5.91 Å². The summed E-state index contributed by atoms with van der Waals surface area (Å²) in [4.78, 5) is 30.4. The molecule has 1 N–H and O–H groups in total. The number of nitrogens with zero attached hydrogens (tertiary/aromatic N) is 3. The molecule has 4 rings (SSSR count). The number of amides is 3. The number of hydrogen-bond donors (Lipinski definition) is 1. The number of piperazine rings is 1. The second-order valence-corrected chi connectivity index (χ2v) is 7.23. The molecule has 0 spiro atoms. The van der Waals surface area contributed by atoms with Crippen molar-refractivity contribution < 1.29 is 14.0 Å². The lowest BCUT2D eigenvalue weighted by molar-refractivity contribution is -0.120. The van der Waals surface area contributed by atoms with Crippen LogP contribution in [0.5, 0.6) is 0 Å². The zero-order valence-corrected chi connectivity index (χ0v) is 15.9. The van der Waals surface area contributed by atoms with Crippen molar-refractivity contribution in [1.29, 1.82) is 0 Å². The maximum Gasteiger partial charge on any atom is 0.330 e. The van der Waals surface area contributed by atoms with E-state index in [2.05, 4.69) is 10.2 Å². The van der Waals surface area contributed by atoms with E-state index in [0.29, 0.717) is 42.6 Å². The number of anilines is 2. The van der Waals surface area contributed by atoms with Crippen molar-refractivity contribution in [3.05, 3.63) is 59.4 Å². The van der Waals surface area contributed by atoms with Crippen LogP contribution in [0.1, 0.15) is 6.42 Å². The minimum Gasteiger partial charge on any atom is -0.367 e. The molecule has 2 fully saturated rings. The number of hydrogen-bond acceptors (Lipinski definition) is 4. The Morgan fingerprint density at radius 3 is 2.21 bits per heavy atom. The van der Waals surface area contributed by atoms with Crippen LogP contribution in [0, 0.1) is 5.82 Å². The molecule has 3 amide bonds. The Bertz CT molecular complexity index is 883. The van der Waals surface area contributed by atoms with Gasteiger partial charge < -0.3 is 10.2 Å². The van der Waals surface area contributed by atoms with Gasteiger partial charge in [-0.05, 0) is 24.3 Å². The average molecular weight is 403 g/mol. The molecule has 2 aromatic rings. The molecule has 1 unspecified atom stereocenters. The topological polar surface area (TPSA) is 55.9 Å². The van der Waals surface area contributed by atoms with Gasteiger partial charge in [0.05, 0.1) is 29.0 Å². The van der Waals surface area contributed by atoms with Crippen LogP contribution in [0.2, 0.25) is 5.02 Å². The SMILES string of the molecule is O=C1CC(N2CCN(c3ccccc3F)CC2)NC(=O)N1c1ccccc1Cl. The number of carbonyl (C=O) groups excluding carboxylic acids is 2. The summed E-state index contributed by atoms with van der Waals surface area (Å²) in [6, 6.07) is 13.0. The Morgan fingerprint density at radius 2 is 1.57 bits per heavy atom. The Balaban J connectivity index is 1.41. The predicted molar refractivity (Wildman–Crippen MR) is 106 cm³/mol. The molecular formula is C20H20ClFN4O2. The number of carbonyl (C=O) groups is 2. The van der Waals surface area contributed by atoms with E-state index in [-0.39, 0.29) is 24.3 Å². The summed E-state index contributed by atoms with van der Waals surface area (Å²) >= 11 is 6.14. The molecule has 2 aromatic carbocycles. The normalized spacial score (nSPS) is 21.0. The van der Waals surface area contributed by atoms with E-state index >= 15 is 0 Å². The highest BCUT2D eigenvalue weighted by atomic mass is 35.5. The van der Waals surface area contributed by atoms with Crippen LogP contribution >= 0.6 is 11.6 Å². The fourth-order valence-corrected chi connectivity index (χ4v) is 3.93. The van der Waals surface area contributed by atoms with E-state index in [4.69, 9.17) is 11.6 Å². The maximum absolute atomic E-state index is 14.0. The van der Waals surface area contributed by atoms with Gasteiger partial charge in [-0.2, -0.15) is 0 Å². The van der Waals surface area contributed by atoms with Gasteiger partial charge in [-0.25, -0.2) is 14.1 Å². The summed E-state index contributed by atoms with van der Waals surface area (Å²) in [5, 5.41) is 3.25. The highest BCUT2D eigenvalue weighted by Crippen LogP contribution is 2.28. The first kappa shape index (κ1) is 18.7. The van der Waals surface area contributed by atoms with Gasteiger partial charge in [-0.15, -0.1) is 0 Å². The monoisotopic (exact) mass is 402 g/mol. The lowest BCUT2D eigenvalue weighted by atomic mass is 10.1. The van der Waals surface area contributed by atoms with Crippen molar-refractivity contribution in [3.8, 4) is 0 Å². The molecule has 28 heavy (non-hydrogen) atoms. The largest absolute Gasteiger partial charge is 0.367 e. The molecule has 2 heterocycles. The summed E-state index contributed by atoms with van der Waals surface area (Å²) in [6.45, 7) is 2.49. The molecule has 2 aliphatic rings. The number of urea groups is 1. The Morgan fingerprint density at radius 1 is 0.929 bits per heavy atom. The lowest BCUT2D eigenvalue weighted by Crippen LogP contribution is -2.63. The molecule has 0 bridgehead atoms. The predicted octanol–water partition coefficient (Wildman–Crippen LogP) is 3.07. The van der Waals surface area contributed by atoms with Crippen molar-refractivity contribution in [3.63, 3.8) is 0 Å². The molecule has 0 aromatic heterocycles. The van der Waals surface area contributed by atoms with Gasteiger partial charge in [0, 0.05) is 26.2 Å². The standard InChI is InChI=1S/C20H20ClFN4O2/c21-14-5-1-3-7-16(14)26-19(27)13-18(23-20(26)28)25-11-9-24(10-12-25)17-8-4-2-6-15(17)22/h1-8,18H,9-13H2,(H,23,28). The zero-order chi connectivity index (χ0) is 19.7. The quantitative estimate of drug-likeness (QED) is 0.857. The maximum atomic E-state index is 14.0. The van der Waals surface area contributed by atoms with Gasteiger partial charge in [0.15, 0.2) is 0 Å². The summed E-state index contributed by atoms with van der Waals surface area (Å²) in [7, 11) is 0. The van der Waals surface area contributed by atoms with Gasteiger partial charge in [-0.1, -0.05) is 35.9 Å². The minimum atomic E-state index is -0.481. The van der Waals surface area contributed by atoms with Crippen molar-refractivity contribution in [1.82, 2.24) is 10.2 Å². The molecule has 0 radical (unpaired) electrons. The van der Waals surface area contributed by atoms with Gasteiger partial charge >= 0.3 is 6.03 Å². The van der Waals surface area contributed by atoms with Gasteiger partial charge in [-0.3, -0.25) is 9.69 Å². The molecule has 1 atom stereocenters. The molecule has 8 heteroatoms. The molecule has 2 saturated heterocycles. The van der Waals surface area contributed by atoms with Crippen LogP contribution in [0.15, 0.2) is 48.5 Å². The number of halogens is 2. The van der Waals surface area contributed by atoms with E-state index < -0.39 is 6.03 Å². The summed E-state index contributed by atoms with van der Waals surface area (Å²) < 4.78 is 14.0. The van der Waals surface area contributed by atoms with Gasteiger partial charge in [0.1, 0.15) is 5.82 Å². The van der Waals surface area contributed by atoms with E-state index in [9.17, 15) is 14.0 Å². The van der Waals surface area contributed by atoms with Crippen LogP contribution in [0.25, 0.3) is 0 Å². The minimum absolute atomic E-state index is 0.163. The average Bonchev–Trinajstić information content (AvgIpc) is 2.69. The third-order valence-corrected chi connectivity index (χ3v) is 5.47. The zero-order valence-electron chi connectivity index (χ0n) is 15.1. The highest BCUT2D eigenvalue weighted by Gasteiger charge is 2.37. The summed E-state index contributed by atoms with van der Waals surface area (Å²) in [5.41, 5.74) is 0.963. The third-order valence-electron chi connectivity index (χ3n) is 5.15. The van der Waals surface area contributed by atoms with Crippen molar-refractivity contribution in [2.45, 2.75) is 12.6 Å². The number of benzene rings is 2. The molecule has 6 nitrogen and oxygen atoms in total. The van der Waals surface area contributed by atoms with Crippen LogP contribution < -0.4 is 15.1 Å². The van der Waals surface area contributed by atoms with E-state index in [1.54, 1.807) is 36.4 Å². The first-order valence-corrected chi connectivity index (χ1v) is 9.54. The molecule has 0 aliphatic carbocycles. The molecular weight excluding hydrogens is 383 g/mol.